The van der Waals surface area contributed by atoms with Gasteiger partial charge in [0.05, 0.1) is 6.10 Å². The Labute approximate surface area is 85.8 Å². The van der Waals surface area contributed by atoms with Gasteiger partial charge < -0.3 is 14.6 Å². The highest BCUT2D eigenvalue weighted by atomic mass is 16.7. The summed E-state index contributed by atoms with van der Waals surface area (Å²) < 4.78 is 10.2. The fourth-order valence-electron chi connectivity index (χ4n) is 2.05. The van der Waals surface area contributed by atoms with Crippen molar-refractivity contribution >= 4 is 0 Å². The van der Waals surface area contributed by atoms with E-state index < -0.39 is 0 Å². The second-order valence-corrected chi connectivity index (χ2v) is 3.91. The monoisotopic (exact) mass is 203 g/mol. The number of aliphatic hydroxyl groups is 1. The van der Waals surface area contributed by atoms with E-state index in [1.54, 1.807) is 14.2 Å². The Bertz CT molecular complexity index is 161. The Morgan fingerprint density at radius 3 is 2.43 bits per heavy atom. The van der Waals surface area contributed by atoms with E-state index in [4.69, 9.17) is 9.47 Å². The molecule has 84 valence electrons. The number of hydrogen-bond donors (Lipinski definition) is 1. The average Bonchev–Trinajstić information content (AvgIpc) is 2.60. The molecular formula is C10H21NO3. The van der Waals surface area contributed by atoms with E-state index >= 15 is 0 Å². The predicted molar refractivity (Wildman–Crippen MR) is 54.1 cm³/mol. The summed E-state index contributed by atoms with van der Waals surface area (Å²) in [4.78, 5) is 2.12. The molecule has 1 saturated carbocycles. The Hall–Kier alpha value is -0.160. The first kappa shape index (κ1) is 11.9. The molecule has 0 aromatic rings. The fourth-order valence-corrected chi connectivity index (χ4v) is 2.05. The second kappa shape index (κ2) is 5.66. The predicted octanol–water partition coefficient (Wildman–Crippen LogP) is 0.450. The van der Waals surface area contributed by atoms with Crippen molar-refractivity contribution in [2.45, 2.75) is 37.7 Å². The molecule has 0 aromatic heterocycles. The molecule has 0 radical (unpaired) electrons. The van der Waals surface area contributed by atoms with E-state index in [-0.39, 0.29) is 18.4 Å². The third-order valence-corrected chi connectivity index (χ3v) is 2.97. The Kier molecular flexibility index (Phi) is 4.81. The van der Waals surface area contributed by atoms with Gasteiger partial charge in [-0.2, -0.15) is 0 Å². The van der Waals surface area contributed by atoms with Crippen LogP contribution in [0.4, 0.5) is 0 Å². The number of likely N-dealkylation sites (N-methyl/N-ethyl adjacent to an activating group) is 1. The standard InChI is InChI=1S/C10H21NO3/c1-11(7-10(13-2)14-3)8-5-4-6-9(8)12/h8-10,12H,4-7H2,1-3H3/t8-,9-/m1/s1. The van der Waals surface area contributed by atoms with Crippen LogP contribution in [-0.2, 0) is 9.47 Å². The molecule has 14 heavy (non-hydrogen) atoms. The van der Waals surface area contributed by atoms with E-state index in [1.807, 2.05) is 7.05 Å². The minimum Gasteiger partial charge on any atom is -0.391 e. The lowest BCUT2D eigenvalue weighted by atomic mass is 10.2. The van der Waals surface area contributed by atoms with Gasteiger partial charge >= 0.3 is 0 Å². The van der Waals surface area contributed by atoms with Crippen molar-refractivity contribution in [3.05, 3.63) is 0 Å². The Balaban J connectivity index is 2.36. The molecule has 0 unspecified atom stereocenters. The quantitative estimate of drug-likeness (QED) is 0.659. The van der Waals surface area contributed by atoms with Gasteiger partial charge in [-0.15, -0.1) is 0 Å². The van der Waals surface area contributed by atoms with E-state index in [9.17, 15) is 5.11 Å². The molecule has 4 nitrogen and oxygen atoms in total. The van der Waals surface area contributed by atoms with E-state index in [0.717, 1.165) is 19.3 Å². The zero-order valence-electron chi connectivity index (χ0n) is 9.27. The number of methoxy groups -OCH3 is 2. The third-order valence-electron chi connectivity index (χ3n) is 2.97. The zero-order chi connectivity index (χ0) is 10.6. The van der Waals surface area contributed by atoms with Crippen LogP contribution in [0, 0.1) is 0 Å². The molecular weight excluding hydrogens is 182 g/mol. The first-order chi connectivity index (χ1) is 6.69. The fraction of sp³-hybridized carbons (Fsp3) is 1.00. The van der Waals surface area contributed by atoms with Crippen molar-refractivity contribution in [3.63, 3.8) is 0 Å². The summed E-state index contributed by atoms with van der Waals surface area (Å²) in [7, 11) is 5.27. The van der Waals surface area contributed by atoms with E-state index in [1.165, 1.54) is 0 Å². The highest BCUT2D eigenvalue weighted by Crippen LogP contribution is 2.23. The molecule has 0 bridgehead atoms. The SMILES string of the molecule is COC(CN(C)[C@@H]1CCC[C@H]1O)OC. The molecule has 1 rings (SSSR count). The number of rotatable bonds is 5. The van der Waals surface area contributed by atoms with Gasteiger partial charge in [-0.1, -0.05) is 0 Å². The van der Waals surface area contributed by atoms with Crippen LogP contribution in [0.5, 0.6) is 0 Å². The van der Waals surface area contributed by atoms with Crippen LogP contribution in [0.25, 0.3) is 0 Å². The smallest absolute Gasteiger partial charge is 0.169 e. The summed E-state index contributed by atoms with van der Waals surface area (Å²) in [5, 5.41) is 9.69. The Morgan fingerprint density at radius 1 is 1.36 bits per heavy atom. The lowest BCUT2D eigenvalue weighted by molar-refractivity contribution is -0.120. The number of nitrogens with zero attached hydrogens (tertiary/aromatic N) is 1. The molecule has 0 spiro atoms. The van der Waals surface area contributed by atoms with E-state index in [0.29, 0.717) is 6.54 Å². The summed E-state index contributed by atoms with van der Waals surface area (Å²) in [5.74, 6) is 0. The van der Waals surface area contributed by atoms with Gasteiger partial charge in [0, 0.05) is 26.8 Å². The first-order valence-corrected chi connectivity index (χ1v) is 5.13. The lowest BCUT2D eigenvalue weighted by Crippen LogP contribution is -2.42. The van der Waals surface area contributed by atoms with Gasteiger partial charge in [-0.3, -0.25) is 4.90 Å². The van der Waals surface area contributed by atoms with Crippen LogP contribution >= 0.6 is 0 Å². The van der Waals surface area contributed by atoms with Gasteiger partial charge in [-0.05, 0) is 26.3 Å². The van der Waals surface area contributed by atoms with Crippen LogP contribution in [0.2, 0.25) is 0 Å². The maximum Gasteiger partial charge on any atom is 0.169 e. The van der Waals surface area contributed by atoms with Crippen LogP contribution in [0.1, 0.15) is 19.3 Å². The number of hydrogen-bond acceptors (Lipinski definition) is 4. The number of aliphatic hydroxyl groups excluding tert-OH is 1. The maximum atomic E-state index is 9.69. The Morgan fingerprint density at radius 2 is 2.00 bits per heavy atom. The van der Waals surface area contributed by atoms with Crippen molar-refractivity contribution in [2.75, 3.05) is 27.8 Å². The average molecular weight is 203 g/mol. The highest BCUT2D eigenvalue weighted by molar-refractivity contribution is 4.83. The molecule has 1 N–H and O–H groups in total. The summed E-state index contributed by atoms with van der Waals surface area (Å²) in [6.45, 7) is 0.703. The highest BCUT2D eigenvalue weighted by Gasteiger charge is 2.29. The van der Waals surface area contributed by atoms with Crippen molar-refractivity contribution in [3.8, 4) is 0 Å². The van der Waals surface area contributed by atoms with Gasteiger partial charge in [0.25, 0.3) is 0 Å². The molecule has 1 aliphatic carbocycles. The molecule has 0 aliphatic heterocycles. The van der Waals surface area contributed by atoms with Gasteiger partial charge in [0.15, 0.2) is 6.29 Å². The van der Waals surface area contributed by atoms with Crippen molar-refractivity contribution in [2.24, 2.45) is 0 Å². The molecule has 4 heteroatoms. The van der Waals surface area contributed by atoms with Crippen molar-refractivity contribution in [1.82, 2.24) is 4.90 Å². The van der Waals surface area contributed by atoms with Crippen molar-refractivity contribution < 1.29 is 14.6 Å². The summed E-state index contributed by atoms with van der Waals surface area (Å²) in [5.41, 5.74) is 0. The minimum absolute atomic E-state index is 0.186. The molecule has 1 fully saturated rings. The van der Waals surface area contributed by atoms with Crippen LogP contribution in [-0.4, -0.2) is 56.3 Å². The van der Waals surface area contributed by atoms with Crippen LogP contribution in [0.3, 0.4) is 0 Å². The lowest BCUT2D eigenvalue weighted by Gasteiger charge is -2.29. The topological polar surface area (TPSA) is 41.9 Å². The maximum absolute atomic E-state index is 9.69. The largest absolute Gasteiger partial charge is 0.391 e. The van der Waals surface area contributed by atoms with Crippen molar-refractivity contribution in [1.29, 1.82) is 0 Å². The molecule has 0 heterocycles. The summed E-state index contributed by atoms with van der Waals surface area (Å²) in [6, 6.07) is 0.266. The molecule has 2 atom stereocenters. The van der Waals surface area contributed by atoms with Gasteiger partial charge in [0.2, 0.25) is 0 Å². The molecule has 0 aromatic carbocycles. The third kappa shape index (κ3) is 2.92. The normalized spacial score (nSPS) is 27.9. The van der Waals surface area contributed by atoms with Gasteiger partial charge in [0.1, 0.15) is 0 Å². The molecule has 0 saturated heterocycles. The number of ether oxygens (including phenoxy) is 2. The zero-order valence-corrected chi connectivity index (χ0v) is 9.27. The summed E-state index contributed by atoms with van der Waals surface area (Å²) in [6.07, 6.45) is 2.71. The van der Waals surface area contributed by atoms with Crippen LogP contribution in [0.15, 0.2) is 0 Å². The van der Waals surface area contributed by atoms with E-state index in [2.05, 4.69) is 4.90 Å². The first-order valence-electron chi connectivity index (χ1n) is 5.13. The molecule has 0 amide bonds. The summed E-state index contributed by atoms with van der Waals surface area (Å²) >= 11 is 0. The van der Waals surface area contributed by atoms with Gasteiger partial charge in [-0.25, -0.2) is 0 Å². The molecule has 1 aliphatic rings. The minimum atomic E-state index is -0.201. The van der Waals surface area contributed by atoms with Crippen LogP contribution < -0.4 is 0 Å². The second-order valence-electron chi connectivity index (χ2n) is 3.91.